The van der Waals surface area contributed by atoms with Crippen LogP contribution in [0.25, 0.3) is 0 Å². The average Bonchev–Trinajstić information content (AvgIpc) is 2.70. The first-order chi connectivity index (χ1) is 6.79. The standard InChI is InChI=1S/C10H12N2O2/c13-10(14)9-7(3-1-6-12-9)8-4-2-5-11-8/h1,3,6,8,11H,2,4-5H2,(H,13,14)/t8-/m0/s1. The summed E-state index contributed by atoms with van der Waals surface area (Å²) in [6, 6.07) is 3.77. The molecule has 0 unspecified atom stereocenters. The number of hydrogen-bond donors (Lipinski definition) is 2. The molecule has 74 valence electrons. The highest BCUT2D eigenvalue weighted by Crippen LogP contribution is 2.24. The molecule has 0 aliphatic carbocycles. The number of carboxylic acid groups (broad SMARTS) is 1. The lowest BCUT2D eigenvalue weighted by molar-refractivity contribution is 0.0688. The number of nitrogens with one attached hydrogen (secondary N) is 1. The number of rotatable bonds is 2. The molecule has 1 aromatic rings. The number of pyridine rings is 1. The van der Waals surface area contributed by atoms with Gasteiger partial charge in [0.1, 0.15) is 0 Å². The largest absolute Gasteiger partial charge is 0.477 e. The van der Waals surface area contributed by atoms with Crippen molar-refractivity contribution in [1.82, 2.24) is 10.3 Å². The highest BCUT2D eigenvalue weighted by molar-refractivity contribution is 5.87. The van der Waals surface area contributed by atoms with Gasteiger partial charge in [0.05, 0.1) is 0 Å². The first-order valence-electron chi connectivity index (χ1n) is 4.70. The van der Waals surface area contributed by atoms with E-state index >= 15 is 0 Å². The molecule has 0 radical (unpaired) electrons. The lowest BCUT2D eigenvalue weighted by Crippen LogP contribution is -2.17. The van der Waals surface area contributed by atoms with Gasteiger partial charge in [0.2, 0.25) is 0 Å². The third-order valence-electron chi connectivity index (χ3n) is 2.48. The number of aromatic nitrogens is 1. The highest BCUT2D eigenvalue weighted by atomic mass is 16.4. The summed E-state index contributed by atoms with van der Waals surface area (Å²) in [7, 11) is 0. The lowest BCUT2D eigenvalue weighted by atomic mass is 10.0. The molecule has 1 aliphatic rings. The van der Waals surface area contributed by atoms with Gasteiger partial charge in [-0.25, -0.2) is 9.78 Å². The zero-order valence-electron chi connectivity index (χ0n) is 7.73. The van der Waals surface area contributed by atoms with Crippen LogP contribution in [-0.4, -0.2) is 22.6 Å². The van der Waals surface area contributed by atoms with Crippen molar-refractivity contribution < 1.29 is 9.90 Å². The molecule has 14 heavy (non-hydrogen) atoms. The van der Waals surface area contributed by atoms with Crippen LogP contribution < -0.4 is 5.32 Å². The van der Waals surface area contributed by atoms with E-state index in [0.29, 0.717) is 0 Å². The lowest BCUT2D eigenvalue weighted by Gasteiger charge is -2.11. The Balaban J connectivity index is 2.35. The molecule has 0 aromatic carbocycles. The Morgan fingerprint density at radius 2 is 2.50 bits per heavy atom. The van der Waals surface area contributed by atoms with E-state index in [2.05, 4.69) is 10.3 Å². The van der Waals surface area contributed by atoms with Gasteiger partial charge in [0.25, 0.3) is 0 Å². The van der Waals surface area contributed by atoms with Gasteiger partial charge in [0.15, 0.2) is 5.69 Å². The maximum Gasteiger partial charge on any atom is 0.354 e. The first-order valence-corrected chi connectivity index (χ1v) is 4.70. The summed E-state index contributed by atoms with van der Waals surface area (Å²) in [5, 5.41) is 12.2. The Kier molecular flexibility index (Phi) is 2.45. The fraction of sp³-hybridized carbons (Fsp3) is 0.400. The van der Waals surface area contributed by atoms with Gasteiger partial charge in [-0.3, -0.25) is 0 Å². The Morgan fingerprint density at radius 1 is 1.64 bits per heavy atom. The van der Waals surface area contributed by atoms with Crippen LogP contribution >= 0.6 is 0 Å². The van der Waals surface area contributed by atoms with E-state index in [4.69, 9.17) is 5.11 Å². The minimum absolute atomic E-state index is 0.162. The van der Waals surface area contributed by atoms with Crippen molar-refractivity contribution in [3.63, 3.8) is 0 Å². The molecule has 4 nitrogen and oxygen atoms in total. The normalized spacial score (nSPS) is 21.0. The molecule has 1 aliphatic heterocycles. The molecule has 4 heteroatoms. The predicted molar refractivity (Wildman–Crippen MR) is 51.2 cm³/mol. The zero-order chi connectivity index (χ0) is 9.97. The summed E-state index contributed by atoms with van der Waals surface area (Å²) >= 11 is 0. The molecule has 2 N–H and O–H groups in total. The Morgan fingerprint density at radius 3 is 3.14 bits per heavy atom. The predicted octanol–water partition coefficient (Wildman–Crippen LogP) is 1.20. The molecule has 2 rings (SSSR count). The smallest absolute Gasteiger partial charge is 0.354 e. The van der Waals surface area contributed by atoms with Crippen LogP contribution in [0.4, 0.5) is 0 Å². The fourth-order valence-corrected chi connectivity index (χ4v) is 1.83. The first kappa shape index (κ1) is 9.15. The monoisotopic (exact) mass is 192 g/mol. The van der Waals surface area contributed by atoms with Gasteiger partial charge >= 0.3 is 5.97 Å². The summed E-state index contributed by atoms with van der Waals surface area (Å²) in [5.74, 6) is -0.950. The molecule has 1 atom stereocenters. The molecule has 1 aromatic heterocycles. The molecule has 0 spiro atoms. The molecule has 0 saturated carbocycles. The van der Waals surface area contributed by atoms with Crippen molar-refractivity contribution in [3.8, 4) is 0 Å². The third-order valence-corrected chi connectivity index (χ3v) is 2.48. The maximum absolute atomic E-state index is 10.9. The van der Waals surface area contributed by atoms with Gasteiger partial charge in [-0.05, 0) is 25.5 Å². The van der Waals surface area contributed by atoms with Crippen molar-refractivity contribution in [2.45, 2.75) is 18.9 Å². The summed E-state index contributed by atoms with van der Waals surface area (Å²) in [6.07, 6.45) is 3.60. The van der Waals surface area contributed by atoms with Crippen molar-refractivity contribution in [2.24, 2.45) is 0 Å². The van der Waals surface area contributed by atoms with Gasteiger partial charge < -0.3 is 10.4 Å². The van der Waals surface area contributed by atoms with E-state index in [1.54, 1.807) is 6.07 Å². The number of carbonyl (C=O) groups is 1. The maximum atomic E-state index is 10.9. The highest BCUT2D eigenvalue weighted by Gasteiger charge is 2.22. The minimum Gasteiger partial charge on any atom is -0.477 e. The van der Waals surface area contributed by atoms with Crippen LogP contribution in [-0.2, 0) is 0 Å². The number of aromatic carboxylic acids is 1. The SMILES string of the molecule is O=C(O)c1ncccc1[C@@H]1CCCN1. The van der Waals surface area contributed by atoms with E-state index in [1.165, 1.54) is 6.20 Å². The van der Waals surface area contributed by atoms with E-state index in [1.807, 2.05) is 6.07 Å². The zero-order valence-corrected chi connectivity index (χ0v) is 7.73. The molecule has 0 amide bonds. The summed E-state index contributed by atoms with van der Waals surface area (Å²) in [5.41, 5.74) is 0.976. The molecule has 2 heterocycles. The molecule has 1 fully saturated rings. The summed E-state index contributed by atoms with van der Waals surface area (Å²) in [6.45, 7) is 0.957. The topological polar surface area (TPSA) is 62.2 Å². The van der Waals surface area contributed by atoms with E-state index in [0.717, 1.165) is 24.9 Å². The van der Waals surface area contributed by atoms with Crippen LogP contribution in [0, 0.1) is 0 Å². The molecule has 1 saturated heterocycles. The van der Waals surface area contributed by atoms with Gasteiger partial charge in [-0.1, -0.05) is 6.07 Å². The van der Waals surface area contributed by atoms with E-state index in [9.17, 15) is 4.79 Å². The van der Waals surface area contributed by atoms with Crippen LogP contribution in [0.1, 0.15) is 34.9 Å². The number of hydrogen-bond acceptors (Lipinski definition) is 3. The second kappa shape index (κ2) is 3.75. The Bertz CT molecular complexity index is 346. The summed E-state index contributed by atoms with van der Waals surface area (Å²) in [4.78, 5) is 14.8. The van der Waals surface area contributed by atoms with Crippen LogP contribution in [0.5, 0.6) is 0 Å². The number of nitrogens with zero attached hydrogens (tertiary/aromatic N) is 1. The van der Waals surface area contributed by atoms with Crippen molar-refractivity contribution in [1.29, 1.82) is 0 Å². The average molecular weight is 192 g/mol. The summed E-state index contributed by atoms with van der Waals surface area (Å²) < 4.78 is 0. The van der Waals surface area contributed by atoms with Crippen molar-refractivity contribution in [2.75, 3.05) is 6.54 Å². The van der Waals surface area contributed by atoms with Gasteiger partial charge in [-0.2, -0.15) is 0 Å². The van der Waals surface area contributed by atoms with Crippen molar-refractivity contribution >= 4 is 5.97 Å². The van der Waals surface area contributed by atoms with Crippen LogP contribution in [0.2, 0.25) is 0 Å². The number of carboxylic acids is 1. The molecular weight excluding hydrogens is 180 g/mol. The third kappa shape index (κ3) is 1.61. The van der Waals surface area contributed by atoms with Gasteiger partial charge in [-0.15, -0.1) is 0 Å². The Hall–Kier alpha value is -1.42. The second-order valence-corrected chi connectivity index (χ2v) is 3.40. The van der Waals surface area contributed by atoms with Crippen LogP contribution in [0.15, 0.2) is 18.3 Å². The van der Waals surface area contributed by atoms with Crippen LogP contribution in [0.3, 0.4) is 0 Å². The quantitative estimate of drug-likeness (QED) is 0.739. The molecular formula is C10H12N2O2. The van der Waals surface area contributed by atoms with Crippen molar-refractivity contribution in [3.05, 3.63) is 29.6 Å². The minimum atomic E-state index is -0.950. The molecule has 0 bridgehead atoms. The van der Waals surface area contributed by atoms with E-state index < -0.39 is 5.97 Å². The second-order valence-electron chi connectivity index (χ2n) is 3.40. The fourth-order valence-electron chi connectivity index (χ4n) is 1.83. The van der Waals surface area contributed by atoms with E-state index in [-0.39, 0.29) is 11.7 Å². The Labute approximate surface area is 82.0 Å². The van der Waals surface area contributed by atoms with Gasteiger partial charge in [0, 0.05) is 17.8 Å².